The zero-order chi connectivity index (χ0) is 48.4. The van der Waals surface area contributed by atoms with E-state index in [1.165, 1.54) is 20.9 Å². The van der Waals surface area contributed by atoms with E-state index in [4.69, 9.17) is 19.2 Å². The Balaban J connectivity index is 1.30. The molecule has 1 aromatic heterocycles. The molecule has 0 aliphatic carbocycles. The maximum Gasteiger partial charge on any atom is 0.324 e. The molecular formula is C52H67N7O8. The van der Waals surface area contributed by atoms with E-state index in [0.717, 1.165) is 50.1 Å². The Hall–Kier alpha value is -5.90. The first kappa shape index (κ1) is 49.0. The summed E-state index contributed by atoms with van der Waals surface area (Å²) in [6, 6.07) is 11.5. The van der Waals surface area contributed by atoms with E-state index in [-0.39, 0.29) is 50.1 Å². The number of allylic oxidation sites excluding steroid dienone is 2. The molecule has 0 saturated carbocycles. The van der Waals surface area contributed by atoms with Gasteiger partial charge in [-0.15, -0.1) is 0 Å². The Morgan fingerprint density at radius 2 is 1.82 bits per heavy atom. The number of hydrogen-bond acceptors (Lipinski definition) is 10. The lowest BCUT2D eigenvalue weighted by Crippen LogP contribution is -2.62. The molecule has 1 spiro atoms. The monoisotopic (exact) mass is 918 g/mol. The van der Waals surface area contributed by atoms with Gasteiger partial charge in [0.15, 0.2) is 5.60 Å². The number of fused-ring (bicyclic) bond motifs is 6. The molecular weight excluding hydrogens is 851 g/mol. The first-order valence-corrected chi connectivity index (χ1v) is 23.5. The first-order chi connectivity index (χ1) is 32.0. The van der Waals surface area contributed by atoms with Crippen LogP contribution in [0, 0.1) is 11.3 Å². The van der Waals surface area contributed by atoms with E-state index in [9.17, 15) is 24.0 Å². The van der Waals surface area contributed by atoms with Crippen LogP contribution in [0.2, 0.25) is 0 Å². The number of hydrazine groups is 1. The highest BCUT2D eigenvalue weighted by atomic mass is 16.5. The smallest absolute Gasteiger partial charge is 0.324 e. The molecule has 0 radical (unpaired) electrons. The number of rotatable bonds is 11. The number of cyclic esters (lactones) is 1. The van der Waals surface area contributed by atoms with Gasteiger partial charge in [0.2, 0.25) is 11.8 Å². The lowest BCUT2D eigenvalue weighted by molar-refractivity contribution is -0.155. The number of esters is 1. The number of aryl methyl sites for hydroxylation is 1. The van der Waals surface area contributed by atoms with Crippen molar-refractivity contribution < 1.29 is 38.2 Å². The first-order valence-electron chi connectivity index (χ1n) is 23.5. The molecule has 358 valence electrons. The van der Waals surface area contributed by atoms with Crippen molar-refractivity contribution in [2.45, 2.75) is 117 Å². The van der Waals surface area contributed by atoms with Gasteiger partial charge in [0.05, 0.1) is 30.6 Å². The maximum atomic E-state index is 14.8. The van der Waals surface area contributed by atoms with Crippen molar-refractivity contribution in [2.24, 2.45) is 16.3 Å². The summed E-state index contributed by atoms with van der Waals surface area (Å²) in [5, 5.41) is 5.51. The molecule has 15 nitrogen and oxygen atoms in total. The Labute approximate surface area is 394 Å². The highest BCUT2D eigenvalue weighted by Crippen LogP contribution is 2.41. The normalized spacial score (nSPS) is 23.7. The average Bonchev–Trinajstić information content (AvgIpc) is 3.99. The molecule has 3 fully saturated rings. The van der Waals surface area contributed by atoms with Crippen LogP contribution in [0.15, 0.2) is 78.5 Å². The van der Waals surface area contributed by atoms with E-state index in [2.05, 4.69) is 67.4 Å². The molecule has 2 N–H and O–H groups in total. The second-order valence-electron chi connectivity index (χ2n) is 19.2. The second-order valence-corrected chi connectivity index (χ2v) is 19.2. The van der Waals surface area contributed by atoms with Crippen LogP contribution in [0.4, 0.5) is 0 Å². The number of carbonyl (C=O) groups is 5. The molecule has 67 heavy (non-hydrogen) atoms. The number of hydrogen-bond donors (Lipinski definition) is 2. The second kappa shape index (κ2) is 20.1. The van der Waals surface area contributed by atoms with Gasteiger partial charge in [-0.3, -0.25) is 34.0 Å². The Kier molecular flexibility index (Phi) is 14.7. The summed E-state index contributed by atoms with van der Waals surface area (Å²) in [4.78, 5) is 77.7. The fourth-order valence-electron chi connectivity index (χ4n) is 10.1. The van der Waals surface area contributed by atoms with Gasteiger partial charge in [0.1, 0.15) is 24.9 Å². The molecule has 4 amide bonds. The Morgan fingerprint density at radius 3 is 2.51 bits per heavy atom. The number of aliphatic imine (C=N–C) groups is 1. The number of nitrogens with one attached hydrogen (secondary N) is 2. The molecule has 5 atom stereocenters. The zero-order valence-corrected chi connectivity index (χ0v) is 40.4. The van der Waals surface area contributed by atoms with Crippen molar-refractivity contribution in [2.75, 3.05) is 40.1 Å². The number of carbonyl (C=O) groups excluding carboxylic acids is 5. The fourth-order valence-corrected chi connectivity index (χ4v) is 10.1. The minimum absolute atomic E-state index is 0.0637. The summed E-state index contributed by atoms with van der Waals surface area (Å²) < 4.78 is 20.4. The highest BCUT2D eigenvalue weighted by Gasteiger charge is 2.56. The van der Waals surface area contributed by atoms with Crippen LogP contribution in [0.3, 0.4) is 0 Å². The number of methoxy groups -OCH3 is 1. The molecule has 4 aliphatic rings. The zero-order valence-electron chi connectivity index (χ0n) is 40.4. The molecule has 4 aliphatic heterocycles. The van der Waals surface area contributed by atoms with Crippen molar-refractivity contribution >= 4 is 52.3 Å². The van der Waals surface area contributed by atoms with Crippen LogP contribution in [-0.4, -0.2) is 125 Å². The summed E-state index contributed by atoms with van der Waals surface area (Å²) >= 11 is 0. The van der Waals surface area contributed by atoms with Crippen LogP contribution in [0.5, 0.6) is 0 Å². The van der Waals surface area contributed by atoms with Gasteiger partial charge >= 0.3 is 5.97 Å². The molecule has 5 heterocycles. The van der Waals surface area contributed by atoms with Crippen LogP contribution in [0.25, 0.3) is 27.6 Å². The van der Waals surface area contributed by atoms with Crippen LogP contribution >= 0.6 is 0 Å². The number of nitrogens with zero attached hydrogens (tertiary/aromatic N) is 5. The summed E-state index contributed by atoms with van der Waals surface area (Å²) in [6.07, 6.45) is 6.44. The molecule has 3 saturated heterocycles. The predicted octanol–water partition coefficient (Wildman–Crippen LogP) is 6.00. The van der Waals surface area contributed by atoms with Crippen molar-refractivity contribution in [3.8, 4) is 11.1 Å². The van der Waals surface area contributed by atoms with Crippen molar-refractivity contribution in [1.29, 1.82) is 0 Å². The van der Waals surface area contributed by atoms with Crippen molar-refractivity contribution in [3.63, 3.8) is 0 Å². The number of amides is 4. The summed E-state index contributed by atoms with van der Waals surface area (Å²) in [5.41, 5.74) is 8.70. The van der Waals surface area contributed by atoms with Gasteiger partial charge < -0.3 is 33.9 Å². The summed E-state index contributed by atoms with van der Waals surface area (Å²) in [6.45, 7) is 23.0. The maximum absolute atomic E-state index is 14.8. The molecule has 3 aromatic rings. The number of aromatic nitrogens is 1. The predicted molar refractivity (Wildman–Crippen MR) is 258 cm³/mol. The van der Waals surface area contributed by atoms with E-state index >= 15 is 0 Å². The molecule has 7 rings (SSSR count). The van der Waals surface area contributed by atoms with Crippen LogP contribution in [-0.2, 0) is 57.6 Å². The molecule has 1 unspecified atom stereocenters. The van der Waals surface area contributed by atoms with Gasteiger partial charge in [-0.05, 0) is 86.4 Å². The topological polar surface area (TPSA) is 164 Å². The van der Waals surface area contributed by atoms with Gasteiger partial charge in [0.25, 0.3) is 11.8 Å². The van der Waals surface area contributed by atoms with Crippen LogP contribution in [0.1, 0.15) is 84.5 Å². The highest BCUT2D eigenvalue weighted by molar-refractivity contribution is 5.97. The van der Waals surface area contributed by atoms with Crippen molar-refractivity contribution in [1.82, 2.24) is 30.1 Å². The van der Waals surface area contributed by atoms with Crippen LogP contribution < -0.4 is 10.7 Å². The Bertz CT molecular complexity index is 2500. The largest absolute Gasteiger partial charge is 0.464 e. The quantitative estimate of drug-likeness (QED) is 0.102. The lowest BCUT2D eigenvalue weighted by atomic mass is 9.84. The molecule has 15 heteroatoms. The van der Waals surface area contributed by atoms with E-state index in [1.807, 2.05) is 58.0 Å². The third-order valence-corrected chi connectivity index (χ3v) is 13.6. The van der Waals surface area contributed by atoms with E-state index < -0.39 is 46.9 Å². The van der Waals surface area contributed by atoms with Crippen molar-refractivity contribution in [3.05, 3.63) is 90.3 Å². The van der Waals surface area contributed by atoms with Gasteiger partial charge in [-0.25, -0.2) is 5.43 Å². The summed E-state index contributed by atoms with van der Waals surface area (Å²) in [7, 11) is 1.67. The number of likely N-dealkylation sites (tertiary alicyclic amines) is 1. The SMILES string of the molecule is C=CC(=O)N1CCC2(C1)OCN([C@H](C(=O)N[C@H]1Cc3cccc(c3)-c3ccc4c(c3)c(c(/C(C=C)=C(/N=C\C)[C@H](C)OC)n4CC)CC(C)(C)COC(=O)[C@@H]3CCCN(N3)C1=O)C(C)C)C2=O. The lowest BCUT2D eigenvalue weighted by Gasteiger charge is -2.36. The third kappa shape index (κ3) is 9.77. The molecule has 2 aromatic carbocycles. The minimum Gasteiger partial charge on any atom is -0.464 e. The van der Waals surface area contributed by atoms with Gasteiger partial charge in [-0.2, -0.15) is 0 Å². The minimum atomic E-state index is -1.26. The van der Waals surface area contributed by atoms with Gasteiger partial charge in [0, 0.05) is 67.7 Å². The number of benzene rings is 2. The van der Waals surface area contributed by atoms with E-state index in [1.54, 1.807) is 13.3 Å². The number of ether oxygens (including phenoxy) is 3. The standard InChI is InChI=1S/C52H67N7O8/c1-11-37(44(53-13-3)33(7)65-10)46-39-28-51(8,9)30-66-49(63)40-19-16-23-59(55-40)48(62)41(26-34-17-15-18-35(25-34)36-20-21-42(38(39)27-36)57(46)14-4)54-47(61)45(32(5)6)58-31-67-52(50(58)64)22-24-56(29-52)43(60)12-2/h11-13,15,17-18,20-21,25,27,32-33,40-41,45,55H,1-2,14,16,19,22-24,26,28-31H2,3-10H3,(H,54,61)/b44-37+,53-13-/t33-,40-,41-,45-,52?/m0/s1. The third-order valence-electron chi connectivity index (χ3n) is 13.6. The molecule has 6 bridgehead atoms. The summed E-state index contributed by atoms with van der Waals surface area (Å²) in [5.74, 6) is -2.43. The Morgan fingerprint density at radius 1 is 1.06 bits per heavy atom. The fraction of sp³-hybridized carbons (Fsp3) is 0.500. The van der Waals surface area contributed by atoms with E-state index in [0.29, 0.717) is 45.3 Å². The van der Waals surface area contributed by atoms with Gasteiger partial charge in [-0.1, -0.05) is 77.3 Å². The average molecular weight is 918 g/mol.